The molecule has 12 nitrogen and oxygen atoms in total. The maximum atomic E-state index is 15.3. The van der Waals surface area contributed by atoms with E-state index in [1.54, 1.807) is 26.2 Å². The van der Waals surface area contributed by atoms with Crippen molar-refractivity contribution in [2.24, 2.45) is 0 Å². The first-order chi connectivity index (χ1) is 31.6. The van der Waals surface area contributed by atoms with Gasteiger partial charge in [-0.05, 0) is 86.0 Å². The summed E-state index contributed by atoms with van der Waals surface area (Å²) in [5, 5.41) is 6.01. The number of carbonyl (C=O) groups is 1. The topological polar surface area (TPSA) is 126 Å². The minimum Gasteiger partial charge on any atom is -0.497 e. The van der Waals surface area contributed by atoms with Crippen molar-refractivity contribution >= 4 is 46.4 Å². The van der Waals surface area contributed by atoms with Crippen molar-refractivity contribution < 1.29 is 28.3 Å². The molecule has 9 rings (SSSR count). The summed E-state index contributed by atoms with van der Waals surface area (Å²) in [6.07, 6.45) is -1.06. The fourth-order valence-corrected chi connectivity index (χ4v) is 10.4. The smallest absolute Gasteiger partial charge is 0.330 e. The minimum atomic E-state index is -1.25. The summed E-state index contributed by atoms with van der Waals surface area (Å²) in [5.74, 6) is 1.03. The predicted molar refractivity (Wildman–Crippen MR) is 254 cm³/mol. The first kappa shape index (κ1) is 43.4. The Balaban J connectivity index is 1.18. The van der Waals surface area contributed by atoms with Crippen LogP contribution in [0, 0.1) is 6.57 Å². The molecule has 1 aliphatic heterocycles. The molecule has 0 radical (unpaired) electrons. The summed E-state index contributed by atoms with van der Waals surface area (Å²) >= 11 is 0. The van der Waals surface area contributed by atoms with Gasteiger partial charge in [-0.2, -0.15) is 0 Å². The Hall–Kier alpha value is -6.87. The zero-order valence-electron chi connectivity index (χ0n) is 36.3. The fourth-order valence-electron chi connectivity index (χ4n) is 9.23. The monoisotopic (exact) mass is 886 g/mol. The molecule has 1 amide bonds. The van der Waals surface area contributed by atoms with E-state index in [1.165, 1.54) is 16.8 Å². The molecule has 7 aromatic carbocycles. The van der Waals surface area contributed by atoms with Crippen LogP contribution in [0.15, 0.2) is 155 Å². The number of ether oxygens (including phenoxy) is 4. The number of aromatic nitrogens is 2. The third-order valence-electron chi connectivity index (χ3n) is 12.4. The molecule has 0 bridgehead atoms. The van der Waals surface area contributed by atoms with Crippen molar-refractivity contribution in [2.45, 2.75) is 30.1 Å². The van der Waals surface area contributed by atoms with Crippen molar-refractivity contribution in [1.29, 1.82) is 0 Å². The van der Waals surface area contributed by atoms with Crippen molar-refractivity contribution in [3.63, 3.8) is 0 Å². The van der Waals surface area contributed by atoms with E-state index in [9.17, 15) is 9.59 Å². The van der Waals surface area contributed by atoms with Gasteiger partial charge in [0.2, 0.25) is 6.54 Å². The quantitative estimate of drug-likeness (QED) is 0.0469. The van der Waals surface area contributed by atoms with E-state index >= 15 is 4.79 Å². The SMILES string of the molecule is [C-]#[N+]CCP(C)OC1[C@@H](COC(c2ccccc2)(c2ccc(OC)cc2)c2ccc(OC)cc2)O[C@@H](n2ccc(=O)[nH]c2=O)[C@H]1N(C)C(=O)c1ccc2ccc3cccc4ccc1c2c34. The first-order valence-electron chi connectivity index (χ1n) is 21.3. The van der Waals surface area contributed by atoms with Crippen LogP contribution in [0.3, 0.4) is 0 Å². The molecular formula is C52H47N4O8P. The molecule has 1 fully saturated rings. The van der Waals surface area contributed by atoms with Crippen LogP contribution in [0.4, 0.5) is 0 Å². The van der Waals surface area contributed by atoms with E-state index in [4.69, 9.17) is 30.0 Å². The Morgan fingerprint density at radius 2 is 1.38 bits per heavy atom. The lowest BCUT2D eigenvalue weighted by Crippen LogP contribution is -2.50. The van der Waals surface area contributed by atoms with Gasteiger partial charge in [-0.15, -0.1) is 0 Å². The molecule has 1 aromatic heterocycles. The van der Waals surface area contributed by atoms with Crippen LogP contribution in [0.2, 0.25) is 0 Å². The molecule has 8 aromatic rings. The molecule has 0 spiro atoms. The largest absolute Gasteiger partial charge is 0.497 e. The molecule has 2 heterocycles. The van der Waals surface area contributed by atoms with Crippen LogP contribution in [-0.4, -0.2) is 85.9 Å². The number of carbonyl (C=O) groups excluding carboxylic acids is 1. The van der Waals surface area contributed by atoms with Gasteiger partial charge in [0.15, 0.2) is 6.23 Å². The molecule has 13 heteroatoms. The fraction of sp³-hybridized carbons (Fsp3) is 0.231. The number of benzene rings is 7. The lowest BCUT2D eigenvalue weighted by atomic mass is 9.80. The average molecular weight is 887 g/mol. The highest BCUT2D eigenvalue weighted by Crippen LogP contribution is 2.47. The Kier molecular flexibility index (Phi) is 12.2. The molecule has 328 valence electrons. The number of amides is 1. The van der Waals surface area contributed by atoms with Gasteiger partial charge in [0.05, 0.1) is 27.0 Å². The lowest BCUT2D eigenvalue weighted by Gasteiger charge is -2.38. The zero-order valence-corrected chi connectivity index (χ0v) is 37.2. The molecule has 1 N–H and O–H groups in total. The summed E-state index contributed by atoms with van der Waals surface area (Å²) in [6.45, 7) is 9.64. The molecule has 0 aliphatic carbocycles. The van der Waals surface area contributed by atoms with Gasteiger partial charge in [-0.25, -0.2) is 11.4 Å². The highest BCUT2D eigenvalue weighted by atomic mass is 31.1. The second-order valence-corrected chi connectivity index (χ2v) is 18.0. The highest BCUT2D eigenvalue weighted by molar-refractivity contribution is 7.51. The standard InChI is InChI=1S/C52H47N4O8P/c1-53-29-31-65(5)64-48-43(32-62-52(36-12-7-6-8-13-36,37-18-22-39(60-3)23-19-37)38-20-24-40(61-4)25-21-38)63-50(56-30-28-44(57)54-51(56)59)47(48)55(2)49(58)42-27-17-35-15-14-33-10-9-11-34-16-26-41(42)46(35)45(33)34/h6-28,30,43,47-48,50H,29,31-32H2,2-5H3,(H,54,57,59)/t43-,47+,48?,50-,65?/m1/s1. The van der Waals surface area contributed by atoms with Crippen LogP contribution < -0.4 is 20.7 Å². The van der Waals surface area contributed by atoms with E-state index in [2.05, 4.69) is 34.1 Å². The third-order valence-corrected chi connectivity index (χ3v) is 13.9. The van der Waals surface area contributed by atoms with Crippen LogP contribution in [0.25, 0.3) is 37.2 Å². The molecule has 0 saturated carbocycles. The normalized spacial score (nSPS) is 17.9. The van der Waals surface area contributed by atoms with Gasteiger partial charge in [0.25, 0.3) is 11.5 Å². The second-order valence-electron chi connectivity index (χ2n) is 16.1. The van der Waals surface area contributed by atoms with Crippen LogP contribution in [0.1, 0.15) is 33.3 Å². The third kappa shape index (κ3) is 8.02. The molecule has 65 heavy (non-hydrogen) atoms. The van der Waals surface area contributed by atoms with E-state index in [0.29, 0.717) is 23.2 Å². The van der Waals surface area contributed by atoms with Crippen LogP contribution in [-0.2, 0) is 19.6 Å². The van der Waals surface area contributed by atoms with Crippen molar-refractivity contribution in [2.75, 3.05) is 47.2 Å². The Labute approximate surface area is 376 Å². The summed E-state index contributed by atoms with van der Waals surface area (Å²) in [7, 11) is 3.67. The summed E-state index contributed by atoms with van der Waals surface area (Å²) in [6, 6.07) is 43.7. The number of hydrogen-bond acceptors (Lipinski definition) is 8. The Bertz CT molecular complexity index is 3070. The van der Waals surface area contributed by atoms with E-state index in [0.717, 1.165) is 49.0 Å². The van der Waals surface area contributed by atoms with E-state index < -0.39 is 49.5 Å². The van der Waals surface area contributed by atoms with E-state index in [1.807, 2.05) is 116 Å². The highest BCUT2D eigenvalue weighted by Gasteiger charge is 2.52. The zero-order chi connectivity index (χ0) is 45.2. The van der Waals surface area contributed by atoms with Gasteiger partial charge >= 0.3 is 5.69 Å². The number of likely N-dealkylation sites (N-methyl/N-ethyl adjacent to an activating group) is 1. The maximum Gasteiger partial charge on any atom is 0.330 e. The molecule has 5 atom stereocenters. The summed E-state index contributed by atoms with van der Waals surface area (Å²) < 4.78 is 33.7. The molecular weight excluding hydrogens is 840 g/mol. The number of rotatable bonds is 15. The van der Waals surface area contributed by atoms with Gasteiger partial charge in [0, 0.05) is 33.0 Å². The average Bonchev–Trinajstić information content (AvgIpc) is 3.69. The van der Waals surface area contributed by atoms with Crippen molar-refractivity contribution in [3.8, 4) is 11.5 Å². The second kappa shape index (κ2) is 18.3. The van der Waals surface area contributed by atoms with Crippen molar-refractivity contribution in [1.82, 2.24) is 14.5 Å². The first-order valence-corrected chi connectivity index (χ1v) is 23.1. The maximum absolute atomic E-state index is 15.3. The summed E-state index contributed by atoms with van der Waals surface area (Å²) in [5.41, 5.74) is 0.371. The number of nitrogens with one attached hydrogen (secondary N) is 1. The van der Waals surface area contributed by atoms with Crippen molar-refractivity contribution in [3.05, 3.63) is 200 Å². The molecule has 1 saturated heterocycles. The molecule has 2 unspecified atom stereocenters. The molecule has 1 aliphatic rings. The van der Waals surface area contributed by atoms with E-state index in [-0.39, 0.29) is 19.1 Å². The van der Waals surface area contributed by atoms with Gasteiger partial charge in [0.1, 0.15) is 35.3 Å². The number of aromatic amines is 1. The number of hydrogen-bond donors (Lipinski definition) is 1. The number of H-pyrrole nitrogens is 1. The van der Waals surface area contributed by atoms with Gasteiger partial charge < -0.3 is 33.2 Å². The number of nitrogens with zero attached hydrogens (tertiary/aromatic N) is 3. The van der Waals surface area contributed by atoms with Gasteiger partial charge in [-0.3, -0.25) is 19.1 Å². The lowest BCUT2D eigenvalue weighted by molar-refractivity contribution is -0.0919. The van der Waals surface area contributed by atoms with Gasteiger partial charge in [-0.1, -0.05) is 103 Å². The Morgan fingerprint density at radius 1 is 0.785 bits per heavy atom. The van der Waals surface area contributed by atoms with Crippen LogP contribution >= 0.6 is 8.15 Å². The summed E-state index contributed by atoms with van der Waals surface area (Å²) in [4.78, 5) is 49.0. The van der Waals surface area contributed by atoms with Crippen LogP contribution in [0.5, 0.6) is 11.5 Å². The number of methoxy groups -OCH3 is 2. The predicted octanol–water partition coefficient (Wildman–Crippen LogP) is 8.83. The minimum absolute atomic E-state index is 0.0878. The Morgan fingerprint density at radius 3 is 2.00 bits per heavy atom.